The van der Waals surface area contributed by atoms with Crippen LogP contribution in [0.25, 0.3) is 6.08 Å². The molecule has 1 amide bonds. The quantitative estimate of drug-likeness (QED) is 0.497. The maximum absolute atomic E-state index is 12.0. The summed E-state index contributed by atoms with van der Waals surface area (Å²) in [4.78, 5) is 23.9. The molecule has 1 fully saturated rings. The standard InChI is InChI=1S/C21H24ClN3O5S/c1-3-15-4-6-16(7-5-15)23-19(26)12-30-20(27)9-8-18-14(2)24-25(21(18)22)17-10-11-31(28,29)13-17/h4-9,17H,3,10-13H2,1-2H3,(H,23,26). The molecule has 1 aliphatic heterocycles. The van der Waals surface area contributed by atoms with E-state index in [4.69, 9.17) is 16.3 Å². The van der Waals surface area contributed by atoms with Crippen LogP contribution in [0.3, 0.4) is 0 Å². The van der Waals surface area contributed by atoms with Gasteiger partial charge in [-0.2, -0.15) is 5.10 Å². The van der Waals surface area contributed by atoms with Crippen LogP contribution in [-0.2, 0) is 30.6 Å². The van der Waals surface area contributed by atoms with E-state index in [9.17, 15) is 18.0 Å². The Balaban J connectivity index is 1.55. The highest BCUT2D eigenvalue weighted by atomic mass is 35.5. The van der Waals surface area contributed by atoms with Gasteiger partial charge >= 0.3 is 5.97 Å². The predicted octanol–water partition coefficient (Wildman–Crippen LogP) is 2.96. The van der Waals surface area contributed by atoms with Crippen LogP contribution in [0.4, 0.5) is 5.69 Å². The normalized spacial score (nSPS) is 17.7. The molecule has 1 atom stereocenters. The number of carbonyl (C=O) groups is 2. The lowest BCUT2D eigenvalue weighted by Crippen LogP contribution is -2.20. The lowest BCUT2D eigenvalue weighted by Gasteiger charge is -2.09. The summed E-state index contributed by atoms with van der Waals surface area (Å²) in [5.74, 6) is -1.05. The molecule has 10 heteroatoms. The highest BCUT2D eigenvalue weighted by Gasteiger charge is 2.31. The van der Waals surface area contributed by atoms with E-state index >= 15 is 0 Å². The summed E-state index contributed by atoms with van der Waals surface area (Å²) >= 11 is 6.36. The first-order chi connectivity index (χ1) is 14.7. The summed E-state index contributed by atoms with van der Waals surface area (Å²) in [7, 11) is -3.08. The molecule has 8 nitrogen and oxygen atoms in total. The van der Waals surface area contributed by atoms with Crippen LogP contribution in [0.2, 0.25) is 5.15 Å². The SMILES string of the molecule is CCc1ccc(NC(=O)COC(=O)C=Cc2c(C)nn(C3CCS(=O)(=O)C3)c2Cl)cc1. The average molecular weight is 466 g/mol. The van der Waals surface area contributed by atoms with Crippen molar-refractivity contribution in [3.05, 3.63) is 52.3 Å². The Kier molecular flexibility index (Phi) is 7.17. The van der Waals surface area contributed by atoms with E-state index in [-0.39, 0.29) is 22.7 Å². The zero-order valence-electron chi connectivity index (χ0n) is 17.3. The molecule has 3 rings (SSSR count). The number of sulfone groups is 1. The third kappa shape index (κ3) is 5.95. The Morgan fingerprint density at radius 1 is 1.32 bits per heavy atom. The molecule has 1 N–H and O–H groups in total. The molecule has 0 spiro atoms. The number of nitrogens with zero attached hydrogens (tertiary/aromatic N) is 2. The zero-order chi connectivity index (χ0) is 22.6. The average Bonchev–Trinajstić information content (AvgIpc) is 3.23. The first kappa shape index (κ1) is 23.0. The van der Waals surface area contributed by atoms with Gasteiger partial charge in [-0.3, -0.25) is 4.79 Å². The molecule has 2 heterocycles. The van der Waals surface area contributed by atoms with Gasteiger partial charge in [-0.05, 0) is 43.5 Å². The highest BCUT2D eigenvalue weighted by molar-refractivity contribution is 7.91. The van der Waals surface area contributed by atoms with Crippen molar-refractivity contribution in [2.75, 3.05) is 23.4 Å². The highest BCUT2D eigenvalue weighted by Crippen LogP contribution is 2.30. The van der Waals surface area contributed by atoms with Crippen LogP contribution >= 0.6 is 11.6 Å². The Labute approximate surface area is 186 Å². The molecule has 0 radical (unpaired) electrons. The largest absolute Gasteiger partial charge is 0.452 e. The molecule has 2 aromatic rings. The van der Waals surface area contributed by atoms with Crippen LogP contribution in [0.15, 0.2) is 30.3 Å². The van der Waals surface area contributed by atoms with Gasteiger partial charge in [0.1, 0.15) is 5.15 Å². The molecule has 1 aliphatic rings. The van der Waals surface area contributed by atoms with Gasteiger partial charge in [-0.25, -0.2) is 17.9 Å². The maximum atomic E-state index is 12.0. The molecular formula is C21H24ClN3O5S. The van der Waals surface area contributed by atoms with E-state index < -0.39 is 28.3 Å². The Morgan fingerprint density at radius 3 is 2.65 bits per heavy atom. The minimum Gasteiger partial charge on any atom is -0.452 e. The summed E-state index contributed by atoms with van der Waals surface area (Å²) in [6, 6.07) is 7.09. The van der Waals surface area contributed by atoms with E-state index in [1.807, 2.05) is 19.1 Å². The third-order valence-electron chi connectivity index (χ3n) is 5.00. The fourth-order valence-electron chi connectivity index (χ4n) is 3.29. The van der Waals surface area contributed by atoms with Crippen molar-refractivity contribution in [2.45, 2.75) is 32.7 Å². The topological polar surface area (TPSA) is 107 Å². The molecule has 0 aliphatic carbocycles. The van der Waals surface area contributed by atoms with E-state index in [1.165, 1.54) is 10.8 Å². The molecule has 0 bridgehead atoms. The first-order valence-corrected chi connectivity index (χ1v) is 12.1. The summed E-state index contributed by atoms with van der Waals surface area (Å²) in [5, 5.41) is 7.24. The second kappa shape index (κ2) is 9.65. The van der Waals surface area contributed by atoms with Gasteiger partial charge in [0, 0.05) is 17.3 Å². The van der Waals surface area contributed by atoms with Crippen LogP contribution in [0.5, 0.6) is 0 Å². The number of esters is 1. The number of hydrogen-bond donors (Lipinski definition) is 1. The number of nitrogens with one attached hydrogen (secondary N) is 1. The van der Waals surface area contributed by atoms with Crippen molar-refractivity contribution in [1.29, 1.82) is 0 Å². The molecule has 31 heavy (non-hydrogen) atoms. The van der Waals surface area contributed by atoms with Crippen molar-refractivity contribution in [1.82, 2.24) is 9.78 Å². The Hall–Kier alpha value is -2.65. The number of halogens is 1. The molecule has 0 saturated carbocycles. The summed E-state index contributed by atoms with van der Waals surface area (Å²) in [6.45, 7) is 3.33. The number of ether oxygens (including phenoxy) is 1. The molecule has 1 aromatic heterocycles. The smallest absolute Gasteiger partial charge is 0.331 e. The molecule has 1 saturated heterocycles. The van der Waals surface area contributed by atoms with Crippen molar-refractivity contribution in [3.8, 4) is 0 Å². The lowest BCUT2D eigenvalue weighted by atomic mass is 10.1. The summed E-state index contributed by atoms with van der Waals surface area (Å²) in [6.07, 6.45) is 3.97. The van der Waals surface area contributed by atoms with E-state index in [2.05, 4.69) is 10.4 Å². The number of benzene rings is 1. The number of rotatable bonds is 7. The fourth-order valence-corrected chi connectivity index (χ4v) is 5.36. The molecule has 1 unspecified atom stereocenters. The lowest BCUT2D eigenvalue weighted by molar-refractivity contribution is -0.142. The molecule has 1 aromatic carbocycles. The fraction of sp³-hybridized carbons (Fsp3) is 0.381. The molecular weight excluding hydrogens is 442 g/mol. The van der Waals surface area contributed by atoms with Gasteiger partial charge < -0.3 is 10.1 Å². The van der Waals surface area contributed by atoms with Gasteiger partial charge in [0.15, 0.2) is 16.4 Å². The Bertz CT molecular complexity index is 1110. The van der Waals surface area contributed by atoms with E-state index in [0.717, 1.165) is 18.1 Å². The van der Waals surface area contributed by atoms with Gasteiger partial charge in [0.2, 0.25) is 0 Å². The zero-order valence-corrected chi connectivity index (χ0v) is 18.9. The second-order valence-electron chi connectivity index (χ2n) is 7.33. The number of amides is 1. The number of carbonyl (C=O) groups excluding carboxylic acids is 2. The van der Waals surface area contributed by atoms with E-state index in [0.29, 0.717) is 23.4 Å². The van der Waals surface area contributed by atoms with Crippen molar-refractivity contribution < 1.29 is 22.7 Å². The second-order valence-corrected chi connectivity index (χ2v) is 9.92. The summed E-state index contributed by atoms with van der Waals surface area (Å²) in [5.41, 5.74) is 2.84. The van der Waals surface area contributed by atoms with Crippen LogP contribution in [0, 0.1) is 6.92 Å². The predicted molar refractivity (Wildman–Crippen MR) is 119 cm³/mol. The minimum atomic E-state index is -3.08. The minimum absolute atomic E-state index is 0.00464. The number of aromatic nitrogens is 2. The number of hydrogen-bond acceptors (Lipinski definition) is 6. The van der Waals surface area contributed by atoms with Crippen molar-refractivity contribution >= 4 is 45.1 Å². The first-order valence-electron chi connectivity index (χ1n) is 9.87. The van der Waals surface area contributed by atoms with Crippen LogP contribution in [0.1, 0.15) is 36.2 Å². The van der Waals surface area contributed by atoms with Gasteiger partial charge in [-0.15, -0.1) is 0 Å². The monoisotopic (exact) mass is 465 g/mol. The Morgan fingerprint density at radius 2 is 2.03 bits per heavy atom. The van der Waals surface area contributed by atoms with Crippen LogP contribution in [-0.4, -0.2) is 48.2 Å². The van der Waals surface area contributed by atoms with Crippen molar-refractivity contribution in [3.63, 3.8) is 0 Å². The maximum Gasteiger partial charge on any atom is 0.331 e. The molecule has 166 valence electrons. The van der Waals surface area contributed by atoms with E-state index in [1.54, 1.807) is 19.1 Å². The third-order valence-corrected chi connectivity index (χ3v) is 7.13. The number of anilines is 1. The van der Waals surface area contributed by atoms with Crippen LogP contribution < -0.4 is 5.32 Å². The van der Waals surface area contributed by atoms with Gasteiger partial charge in [-0.1, -0.05) is 30.7 Å². The van der Waals surface area contributed by atoms with Crippen molar-refractivity contribution in [2.24, 2.45) is 0 Å². The summed E-state index contributed by atoms with van der Waals surface area (Å²) < 4.78 is 29.9. The van der Waals surface area contributed by atoms with Gasteiger partial charge in [0.25, 0.3) is 5.91 Å². The van der Waals surface area contributed by atoms with Gasteiger partial charge in [0.05, 0.1) is 23.2 Å². The number of aryl methyl sites for hydroxylation is 2.